The van der Waals surface area contributed by atoms with Gasteiger partial charge in [0.05, 0.1) is 25.8 Å². The normalized spacial score (nSPS) is 19.0. The molecule has 1 aliphatic heterocycles. The number of ketones is 1. The lowest BCUT2D eigenvalue weighted by molar-refractivity contribution is -0.116. The standard InChI is InChI=1S/C31H29FN2O4/c1-18-28(31(36)34-24-12-8-7-11-23(24)32)29(22-17-21(37-2)13-14-27(22)38-3)30-25(33-18)15-20(16-26(30)35)19-9-5-4-6-10-19/h4-14,17,20,29,33H,15-16H2,1-3H3,(H,34,36). The molecule has 0 saturated carbocycles. The first kappa shape index (κ1) is 25.3. The number of halogens is 1. The maximum absolute atomic E-state index is 14.4. The molecule has 0 fully saturated rings. The van der Waals surface area contributed by atoms with Crippen molar-refractivity contribution < 1.29 is 23.5 Å². The zero-order valence-corrected chi connectivity index (χ0v) is 21.5. The lowest BCUT2D eigenvalue weighted by Gasteiger charge is -2.37. The number of Topliss-reactive ketones (excluding diaryl/α,β-unsaturated/α-hetero) is 1. The minimum Gasteiger partial charge on any atom is -0.497 e. The van der Waals surface area contributed by atoms with Crippen molar-refractivity contribution in [2.75, 3.05) is 19.5 Å². The number of methoxy groups -OCH3 is 2. The molecule has 7 heteroatoms. The highest BCUT2D eigenvalue weighted by molar-refractivity contribution is 6.10. The summed E-state index contributed by atoms with van der Waals surface area (Å²) in [7, 11) is 3.10. The molecule has 1 amide bonds. The Balaban J connectivity index is 1.64. The molecule has 2 N–H and O–H groups in total. The van der Waals surface area contributed by atoms with Gasteiger partial charge in [0, 0.05) is 34.5 Å². The van der Waals surface area contributed by atoms with E-state index in [2.05, 4.69) is 10.6 Å². The largest absolute Gasteiger partial charge is 0.497 e. The van der Waals surface area contributed by atoms with E-state index in [0.717, 1.165) is 11.3 Å². The smallest absolute Gasteiger partial charge is 0.254 e. The SMILES string of the molecule is COc1ccc(OC)c(C2C(C(=O)Nc3ccccc3F)=C(C)NC3=C2C(=O)CC(c2ccccc2)C3)c1. The zero-order chi connectivity index (χ0) is 26.8. The average molecular weight is 513 g/mol. The van der Waals surface area contributed by atoms with Gasteiger partial charge in [-0.05, 0) is 55.2 Å². The summed E-state index contributed by atoms with van der Waals surface area (Å²) in [5.41, 5.74) is 4.00. The Labute approximate surface area is 221 Å². The molecule has 0 bridgehead atoms. The Morgan fingerprint density at radius 1 is 0.974 bits per heavy atom. The van der Waals surface area contributed by atoms with Gasteiger partial charge in [0.2, 0.25) is 0 Å². The summed E-state index contributed by atoms with van der Waals surface area (Å²) in [6.07, 6.45) is 0.933. The third kappa shape index (κ3) is 4.67. The maximum atomic E-state index is 14.4. The molecule has 3 aromatic rings. The Hall–Kier alpha value is -4.39. The predicted octanol–water partition coefficient (Wildman–Crippen LogP) is 5.84. The fourth-order valence-electron chi connectivity index (χ4n) is 5.43. The first-order valence-electron chi connectivity index (χ1n) is 12.5. The molecule has 5 rings (SSSR count). The highest BCUT2D eigenvalue weighted by Gasteiger charge is 2.42. The monoisotopic (exact) mass is 512 g/mol. The minimum absolute atomic E-state index is 0.0180. The molecule has 2 atom stereocenters. The number of ether oxygens (including phenoxy) is 2. The number of hydrogen-bond acceptors (Lipinski definition) is 5. The summed E-state index contributed by atoms with van der Waals surface area (Å²) in [6.45, 7) is 1.80. The third-order valence-corrected chi connectivity index (χ3v) is 7.21. The molecule has 2 aliphatic rings. The third-order valence-electron chi connectivity index (χ3n) is 7.21. The molecular weight excluding hydrogens is 483 g/mol. The molecule has 0 aromatic heterocycles. The second-order valence-electron chi connectivity index (χ2n) is 9.47. The molecule has 2 unspecified atom stereocenters. The summed E-state index contributed by atoms with van der Waals surface area (Å²) in [4.78, 5) is 27.6. The van der Waals surface area contributed by atoms with Gasteiger partial charge in [0.1, 0.15) is 17.3 Å². The molecule has 0 saturated heterocycles. The van der Waals surface area contributed by atoms with E-state index < -0.39 is 17.6 Å². The van der Waals surface area contributed by atoms with Crippen molar-refractivity contribution in [3.05, 3.63) is 112 Å². The molecule has 194 valence electrons. The summed E-state index contributed by atoms with van der Waals surface area (Å²) in [6, 6.07) is 21.3. The summed E-state index contributed by atoms with van der Waals surface area (Å²) in [5, 5.41) is 6.06. The van der Waals surface area contributed by atoms with E-state index in [0.29, 0.717) is 46.7 Å². The van der Waals surface area contributed by atoms with Gasteiger partial charge < -0.3 is 20.1 Å². The Morgan fingerprint density at radius 2 is 1.71 bits per heavy atom. The van der Waals surface area contributed by atoms with Crippen molar-refractivity contribution in [3.8, 4) is 11.5 Å². The number of rotatable bonds is 6. The van der Waals surface area contributed by atoms with Crippen molar-refractivity contribution >= 4 is 17.4 Å². The van der Waals surface area contributed by atoms with Crippen molar-refractivity contribution in [3.63, 3.8) is 0 Å². The first-order valence-corrected chi connectivity index (χ1v) is 12.5. The van der Waals surface area contributed by atoms with Crippen molar-refractivity contribution in [1.82, 2.24) is 5.32 Å². The number of dihydropyridines is 1. The summed E-state index contributed by atoms with van der Waals surface area (Å²) in [5.74, 6) is -0.718. The van der Waals surface area contributed by atoms with Gasteiger partial charge in [0.25, 0.3) is 5.91 Å². The number of carbonyl (C=O) groups excluding carboxylic acids is 2. The van der Waals surface area contributed by atoms with E-state index in [1.165, 1.54) is 12.1 Å². The van der Waals surface area contributed by atoms with Crippen LogP contribution in [0, 0.1) is 5.82 Å². The number of carbonyl (C=O) groups is 2. The van der Waals surface area contributed by atoms with Crippen LogP contribution in [0.3, 0.4) is 0 Å². The summed E-state index contributed by atoms with van der Waals surface area (Å²) < 4.78 is 25.6. The molecular formula is C31H29FN2O4. The van der Waals surface area contributed by atoms with E-state index in [-0.39, 0.29) is 17.4 Å². The number of allylic oxidation sites excluding steroid dienone is 3. The van der Waals surface area contributed by atoms with Gasteiger partial charge in [-0.25, -0.2) is 4.39 Å². The number of hydrogen-bond donors (Lipinski definition) is 2. The van der Waals surface area contributed by atoms with Crippen LogP contribution in [0.5, 0.6) is 11.5 Å². The fourth-order valence-corrected chi connectivity index (χ4v) is 5.43. The Bertz CT molecular complexity index is 1460. The average Bonchev–Trinajstić information content (AvgIpc) is 2.93. The van der Waals surface area contributed by atoms with E-state index in [9.17, 15) is 14.0 Å². The van der Waals surface area contributed by atoms with Crippen molar-refractivity contribution in [1.29, 1.82) is 0 Å². The van der Waals surface area contributed by atoms with Crippen LogP contribution in [0.15, 0.2) is 95.3 Å². The Morgan fingerprint density at radius 3 is 2.42 bits per heavy atom. The van der Waals surface area contributed by atoms with Gasteiger partial charge >= 0.3 is 0 Å². The second-order valence-corrected chi connectivity index (χ2v) is 9.47. The van der Waals surface area contributed by atoms with Gasteiger partial charge in [-0.2, -0.15) is 0 Å². The predicted molar refractivity (Wildman–Crippen MR) is 144 cm³/mol. The van der Waals surface area contributed by atoms with E-state index in [1.54, 1.807) is 51.5 Å². The van der Waals surface area contributed by atoms with E-state index in [4.69, 9.17) is 9.47 Å². The van der Waals surface area contributed by atoms with Crippen LogP contribution < -0.4 is 20.1 Å². The second kappa shape index (κ2) is 10.5. The quantitative estimate of drug-likeness (QED) is 0.434. The Kier molecular flexibility index (Phi) is 7.01. The molecule has 0 radical (unpaired) electrons. The number of benzene rings is 3. The van der Waals surface area contributed by atoms with Crippen LogP contribution in [-0.2, 0) is 9.59 Å². The maximum Gasteiger partial charge on any atom is 0.254 e. The van der Waals surface area contributed by atoms with Crippen molar-refractivity contribution in [2.24, 2.45) is 0 Å². The van der Waals surface area contributed by atoms with Crippen LogP contribution >= 0.6 is 0 Å². The molecule has 3 aromatic carbocycles. The van der Waals surface area contributed by atoms with E-state index >= 15 is 0 Å². The molecule has 38 heavy (non-hydrogen) atoms. The lowest BCUT2D eigenvalue weighted by atomic mass is 9.71. The van der Waals surface area contributed by atoms with Crippen LogP contribution in [-0.4, -0.2) is 25.9 Å². The number of anilines is 1. The molecule has 6 nitrogen and oxygen atoms in total. The van der Waals surface area contributed by atoms with Crippen LogP contribution in [0.2, 0.25) is 0 Å². The highest BCUT2D eigenvalue weighted by atomic mass is 19.1. The zero-order valence-electron chi connectivity index (χ0n) is 21.5. The first-order chi connectivity index (χ1) is 18.4. The summed E-state index contributed by atoms with van der Waals surface area (Å²) >= 11 is 0. The molecule has 1 heterocycles. The number of para-hydroxylation sites is 1. The topological polar surface area (TPSA) is 76.7 Å². The highest BCUT2D eigenvalue weighted by Crippen LogP contribution is 2.48. The van der Waals surface area contributed by atoms with Gasteiger partial charge in [-0.3, -0.25) is 9.59 Å². The minimum atomic E-state index is -0.729. The van der Waals surface area contributed by atoms with Gasteiger partial charge in [0.15, 0.2) is 5.78 Å². The number of amides is 1. The lowest BCUT2D eigenvalue weighted by Crippen LogP contribution is -2.37. The van der Waals surface area contributed by atoms with Gasteiger partial charge in [-0.15, -0.1) is 0 Å². The fraction of sp³-hybridized carbons (Fsp3) is 0.226. The van der Waals surface area contributed by atoms with E-state index in [1.807, 2.05) is 30.3 Å². The van der Waals surface area contributed by atoms with Crippen molar-refractivity contribution in [2.45, 2.75) is 31.6 Å². The number of nitrogens with one attached hydrogen (secondary N) is 2. The van der Waals surface area contributed by atoms with Gasteiger partial charge in [-0.1, -0.05) is 42.5 Å². The molecule has 1 aliphatic carbocycles. The van der Waals surface area contributed by atoms with Crippen LogP contribution in [0.1, 0.15) is 42.7 Å². The van der Waals surface area contributed by atoms with Crippen LogP contribution in [0.4, 0.5) is 10.1 Å². The molecule has 0 spiro atoms. The van der Waals surface area contributed by atoms with Crippen LogP contribution in [0.25, 0.3) is 0 Å².